The van der Waals surface area contributed by atoms with E-state index >= 15 is 0 Å². The standard InChI is InChI=1S/C19H21N5O/c1-14-6-8-24-17(13-14)21-15(2)18(24)19(25)23-11-9-22(10-12-23)16-5-3-4-7-20-16/h3-8,13H,9-12H2,1-2H3. The van der Waals surface area contributed by atoms with Crippen molar-refractivity contribution in [1.82, 2.24) is 19.3 Å². The number of carbonyl (C=O) groups is 1. The second-order valence-electron chi connectivity index (χ2n) is 6.45. The number of aromatic nitrogens is 3. The molecule has 128 valence electrons. The van der Waals surface area contributed by atoms with Gasteiger partial charge < -0.3 is 9.80 Å². The van der Waals surface area contributed by atoms with E-state index in [9.17, 15) is 4.79 Å². The van der Waals surface area contributed by atoms with Crippen LogP contribution in [0.2, 0.25) is 0 Å². The summed E-state index contributed by atoms with van der Waals surface area (Å²) in [6.07, 6.45) is 3.73. The second kappa shape index (κ2) is 6.20. The molecule has 0 spiro atoms. The van der Waals surface area contributed by atoms with Crippen LogP contribution in [0, 0.1) is 13.8 Å². The van der Waals surface area contributed by atoms with E-state index in [1.807, 2.05) is 59.7 Å². The lowest BCUT2D eigenvalue weighted by Gasteiger charge is -2.35. The molecule has 1 amide bonds. The highest BCUT2D eigenvalue weighted by molar-refractivity contribution is 5.94. The molecule has 6 heteroatoms. The number of nitrogens with zero attached hydrogens (tertiary/aromatic N) is 5. The van der Waals surface area contributed by atoms with Crippen molar-refractivity contribution in [3.8, 4) is 0 Å². The van der Waals surface area contributed by atoms with Crippen molar-refractivity contribution >= 4 is 17.4 Å². The molecule has 1 saturated heterocycles. The van der Waals surface area contributed by atoms with Crippen molar-refractivity contribution in [3.05, 3.63) is 59.7 Å². The third-order valence-corrected chi connectivity index (χ3v) is 4.70. The van der Waals surface area contributed by atoms with Crippen LogP contribution in [0.15, 0.2) is 42.7 Å². The zero-order valence-electron chi connectivity index (χ0n) is 14.5. The van der Waals surface area contributed by atoms with E-state index in [0.29, 0.717) is 18.8 Å². The minimum absolute atomic E-state index is 0.0505. The van der Waals surface area contributed by atoms with Crippen LogP contribution in [0.4, 0.5) is 5.82 Å². The summed E-state index contributed by atoms with van der Waals surface area (Å²) >= 11 is 0. The van der Waals surface area contributed by atoms with Crippen molar-refractivity contribution in [2.24, 2.45) is 0 Å². The molecule has 0 radical (unpaired) electrons. The normalized spacial score (nSPS) is 15.0. The minimum atomic E-state index is 0.0505. The van der Waals surface area contributed by atoms with Crippen LogP contribution in [-0.2, 0) is 0 Å². The van der Waals surface area contributed by atoms with Gasteiger partial charge in [-0.15, -0.1) is 0 Å². The maximum atomic E-state index is 13.1. The molecule has 4 rings (SSSR count). The molecule has 0 bridgehead atoms. The first kappa shape index (κ1) is 15.6. The smallest absolute Gasteiger partial charge is 0.272 e. The monoisotopic (exact) mass is 335 g/mol. The number of fused-ring (bicyclic) bond motifs is 1. The zero-order chi connectivity index (χ0) is 17.4. The van der Waals surface area contributed by atoms with Crippen LogP contribution in [-0.4, -0.2) is 51.4 Å². The quantitative estimate of drug-likeness (QED) is 0.721. The summed E-state index contributed by atoms with van der Waals surface area (Å²) in [4.78, 5) is 26.1. The number of carbonyl (C=O) groups excluding carboxylic acids is 1. The van der Waals surface area contributed by atoms with Gasteiger partial charge >= 0.3 is 0 Å². The molecule has 0 N–H and O–H groups in total. The summed E-state index contributed by atoms with van der Waals surface area (Å²) in [7, 11) is 0. The Morgan fingerprint density at radius 1 is 1.08 bits per heavy atom. The number of anilines is 1. The van der Waals surface area contributed by atoms with Gasteiger partial charge in [0.1, 0.15) is 17.2 Å². The largest absolute Gasteiger partial charge is 0.353 e. The van der Waals surface area contributed by atoms with Gasteiger partial charge in [0, 0.05) is 38.6 Å². The fourth-order valence-electron chi connectivity index (χ4n) is 3.35. The molecule has 25 heavy (non-hydrogen) atoms. The first-order valence-electron chi connectivity index (χ1n) is 8.54. The number of piperazine rings is 1. The van der Waals surface area contributed by atoms with Crippen LogP contribution in [0.25, 0.3) is 5.65 Å². The summed E-state index contributed by atoms with van der Waals surface area (Å²) < 4.78 is 1.90. The van der Waals surface area contributed by atoms with Crippen LogP contribution >= 0.6 is 0 Å². The number of amides is 1. The van der Waals surface area contributed by atoms with E-state index in [-0.39, 0.29) is 5.91 Å². The Bertz CT molecular complexity index is 910. The van der Waals surface area contributed by atoms with E-state index in [4.69, 9.17) is 0 Å². The molecule has 3 aromatic heterocycles. The molecule has 0 aromatic carbocycles. The summed E-state index contributed by atoms with van der Waals surface area (Å²) in [6.45, 7) is 6.89. The summed E-state index contributed by atoms with van der Waals surface area (Å²) in [5, 5.41) is 0. The van der Waals surface area contributed by atoms with Crippen LogP contribution in [0.5, 0.6) is 0 Å². The molecule has 3 aromatic rings. The van der Waals surface area contributed by atoms with Gasteiger partial charge in [0.25, 0.3) is 5.91 Å². The maximum absolute atomic E-state index is 13.1. The molecule has 0 aliphatic carbocycles. The van der Waals surface area contributed by atoms with Crippen LogP contribution in [0.3, 0.4) is 0 Å². The highest BCUT2D eigenvalue weighted by Gasteiger charge is 2.26. The van der Waals surface area contributed by atoms with Gasteiger partial charge in [-0.25, -0.2) is 9.97 Å². The van der Waals surface area contributed by atoms with Crippen molar-refractivity contribution in [1.29, 1.82) is 0 Å². The fraction of sp³-hybridized carbons (Fsp3) is 0.316. The van der Waals surface area contributed by atoms with E-state index in [1.165, 1.54) is 0 Å². The van der Waals surface area contributed by atoms with E-state index < -0.39 is 0 Å². The molecule has 0 atom stereocenters. The highest BCUT2D eigenvalue weighted by atomic mass is 16.2. The third kappa shape index (κ3) is 2.84. The molecule has 1 fully saturated rings. The van der Waals surface area contributed by atoms with Crippen LogP contribution in [0.1, 0.15) is 21.7 Å². The van der Waals surface area contributed by atoms with E-state index in [2.05, 4.69) is 14.9 Å². The molecule has 4 heterocycles. The number of pyridine rings is 2. The Hall–Kier alpha value is -2.89. The molecule has 0 unspecified atom stereocenters. The average Bonchev–Trinajstić information content (AvgIpc) is 2.97. The summed E-state index contributed by atoms with van der Waals surface area (Å²) in [5.41, 5.74) is 3.41. The second-order valence-corrected chi connectivity index (χ2v) is 6.45. The first-order valence-corrected chi connectivity index (χ1v) is 8.54. The van der Waals surface area contributed by atoms with Gasteiger partial charge in [0.05, 0.1) is 5.69 Å². The number of imidazole rings is 1. The topological polar surface area (TPSA) is 53.7 Å². The fourth-order valence-corrected chi connectivity index (χ4v) is 3.35. The van der Waals surface area contributed by atoms with Crippen molar-refractivity contribution in [3.63, 3.8) is 0 Å². The average molecular weight is 335 g/mol. The lowest BCUT2D eigenvalue weighted by Crippen LogP contribution is -2.49. The van der Waals surface area contributed by atoms with Gasteiger partial charge in [-0.2, -0.15) is 0 Å². The Balaban J connectivity index is 1.54. The number of hydrogen-bond acceptors (Lipinski definition) is 4. The Kier molecular flexibility index (Phi) is 3.87. The van der Waals surface area contributed by atoms with Gasteiger partial charge in [-0.1, -0.05) is 6.07 Å². The SMILES string of the molecule is Cc1ccn2c(C(=O)N3CCN(c4ccccn4)CC3)c(C)nc2c1. The molecular weight excluding hydrogens is 314 g/mol. The van der Waals surface area contributed by atoms with E-state index in [1.54, 1.807) is 6.20 Å². The van der Waals surface area contributed by atoms with Gasteiger partial charge in [0.15, 0.2) is 0 Å². The highest BCUT2D eigenvalue weighted by Crippen LogP contribution is 2.18. The Morgan fingerprint density at radius 2 is 1.88 bits per heavy atom. The van der Waals surface area contributed by atoms with Crippen LogP contribution < -0.4 is 4.90 Å². The van der Waals surface area contributed by atoms with Gasteiger partial charge in [-0.3, -0.25) is 9.20 Å². The predicted molar refractivity (Wildman–Crippen MR) is 97.0 cm³/mol. The van der Waals surface area contributed by atoms with Gasteiger partial charge in [0.2, 0.25) is 0 Å². The third-order valence-electron chi connectivity index (χ3n) is 4.70. The maximum Gasteiger partial charge on any atom is 0.272 e. The van der Waals surface area contributed by atoms with Crippen molar-refractivity contribution < 1.29 is 4.79 Å². The first-order chi connectivity index (χ1) is 12.1. The van der Waals surface area contributed by atoms with E-state index in [0.717, 1.165) is 35.8 Å². The van der Waals surface area contributed by atoms with Crippen molar-refractivity contribution in [2.75, 3.05) is 31.1 Å². The Labute approximate surface area is 146 Å². The number of rotatable bonds is 2. The molecule has 1 aliphatic heterocycles. The molecule has 1 aliphatic rings. The lowest BCUT2D eigenvalue weighted by molar-refractivity contribution is 0.0738. The number of aryl methyl sites for hydroxylation is 2. The summed E-state index contributed by atoms with van der Waals surface area (Å²) in [6, 6.07) is 9.92. The summed E-state index contributed by atoms with van der Waals surface area (Å²) in [5.74, 6) is 1.02. The molecule has 0 saturated carbocycles. The Morgan fingerprint density at radius 3 is 2.60 bits per heavy atom. The minimum Gasteiger partial charge on any atom is -0.353 e. The van der Waals surface area contributed by atoms with Gasteiger partial charge in [-0.05, 0) is 43.7 Å². The molecular formula is C19H21N5O. The predicted octanol–water partition coefficient (Wildman–Crippen LogP) is 2.31. The zero-order valence-corrected chi connectivity index (χ0v) is 14.5. The molecule has 6 nitrogen and oxygen atoms in total. The number of hydrogen-bond donors (Lipinski definition) is 0. The van der Waals surface area contributed by atoms with Crippen molar-refractivity contribution in [2.45, 2.75) is 13.8 Å². The lowest BCUT2D eigenvalue weighted by atomic mass is 10.2.